The van der Waals surface area contributed by atoms with Crippen LogP contribution in [0.1, 0.15) is 30.4 Å². The van der Waals surface area contributed by atoms with E-state index in [1.165, 1.54) is 30.4 Å². The van der Waals surface area contributed by atoms with Crippen LogP contribution in [-0.2, 0) is 5.54 Å². The molecule has 2 rings (SSSR count). The van der Waals surface area contributed by atoms with E-state index in [9.17, 15) is 0 Å². The van der Waals surface area contributed by atoms with E-state index in [-0.39, 0.29) is 5.54 Å². The molecule has 1 unspecified atom stereocenters. The van der Waals surface area contributed by atoms with Crippen molar-refractivity contribution in [2.75, 3.05) is 20.1 Å². The van der Waals surface area contributed by atoms with Crippen molar-refractivity contribution < 1.29 is 0 Å². The van der Waals surface area contributed by atoms with Crippen LogP contribution in [0.2, 0.25) is 0 Å². The quantitative estimate of drug-likeness (QED) is 0.825. The van der Waals surface area contributed by atoms with Crippen molar-refractivity contribution in [3.63, 3.8) is 0 Å². The highest BCUT2D eigenvalue weighted by atomic mass is 15.2. The number of hydrogen-bond donors (Lipinski definition) is 1. The van der Waals surface area contributed by atoms with Crippen LogP contribution in [0.5, 0.6) is 0 Å². The third-order valence-electron chi connectivity index (χ3n) is 3.99. The van der Waals surface area contributed by atoms with Crippen molar-refractivity contribution in [1.82, 2.24) is 4.90 Å². The van der Waals surface area contributed by atoms with E-state index in [0.717, 1.165) is 6.54 Å². The Balaban J connectivity index is 2.36. The Hall–Kier alpha value is -0.860. The van der Waals surface area contributed by atoms with Crippen molar-refractivity contribution in [2.45, 2.75) is 31.7 Å². The van der Waals surface area contributed by atoms with Crippen LogP contribution in [0, 0.1) is 6.92 Å². The van der Waals surface area contributed by atoms with Gasteiger partial charge in [0.15, 0.2) is 0 Å². The number of aryl methyl sites for hydroxylation is 1. The van der Waals surface area contributed by atoms with Crippen LogP contribution in [0.15, 0.2) is 24.3 Å². The highest BCUT2D eigenvalue weighted by Crippen LogP contribution is 2.35. The topological polar surface area (TPSA) is 29.3 Å². The Bertz CT molecular complexity index is 344. The largest absolute Gasteiger partial charge is 0.328 e. The van der Waals surface area contributed by atoms with Gasteiger partial charge < -0.3 is 5.73 Å². The summed E-state index contributed by atoms with van der Waals surface area (Å²) in [6.45, 7) is 4.00. The highest BCUT2D eigenvalue weighted by Gasteiger charge is 2.36. The lowest BCUT2D eigenvalue weighted by Crippen LogP contribution is -2.52. The van der Waals surface area contributed by atoms with Gasteiger partial charge in [0, 0.05) is 6.54 Å². The summed E-state index contributed by atoms with van der Waals surface area (Å²) >= 11 is 0. The third kappa shape index (κ3) is 1.87. The van der Waals surface area contributed by atoms with E-state index < -0.39 is 0 Å². The van der Waals surface area contributed by atoms with Gasteiger partial charge in [-0.05, 0) is 45.3 Å². The standard InChI is InChI=1S/C14H22N2/c1-12-5-7-13(8-6-12)14(11-15)9-3-4-10-16(14)2/h5-8H,3-4,9-11,15H2,1-2H3. The summed E-state index contributed by atoms with van der Waals surface area (Å²) < 4.78 is 0. The average Bonchev–Trinajstić information content (AvgIpc) is 2.31. The first-order valence-electron chi connectivity index (χ1n) is 6.17. The molecule has 0 radical (unpaired) electrons. The zero-order chi connectivity index (χ0) is 11.6. The summed E-state index contributed by atoms with van der Waals surface area (Å²) in [6, 6.07) is 8.86. The van der Waals surface area contributed by atoms with Gasteiger partial charge in [-0.3, -0.25) is 4.90 Å². The first kappa shape index (κ1) is 11.6. The molecule has 1 fully saturated rings. The highest BCUT2D eigenvalue weighted by molar-refractivity contribution is 5.29. The summed E-state index contributed by atoms with van der Waals surface area (Å²) in [6.07, 6.45) is 3.77. The molecule has 0 amide bonds. The van der Waals surface area contributed by atoms with Crippen molar-refractivity contribution in [2.24, 2.45) is 5.73 Å². The fourth-order valence-electron chi connectivity index (χ4n) is 2.78. The van der Waals surface area contributed by atoms with Gasteiger partial charge in [0.2, 0.25) is 0 Å². The summed E-state index contributed by atoms with van der Waals surface area (Å²) in [5.41, 5.74) is 8.82. The molecule has 16 heavy (non-hydrogen) atoms. The van der Waals surface area contributed by atoms with E-state index in [1.54, 1.807) is 0 Å². The van der Waals surface area contributed by atoms with E-state index in [2.05, 4.69) is 43.1 Å². The molecule has 2 heteroatoms. The molecule has 88 valence electrons. The van der Waals surface area contributed by atoms with Crippen molar-refractivity contribution in [3.05, 3.63) is 35.4 Å². The summed E-state index contributed by atoms with van der Waals surface area (Å²) in [5.74, 6) is 0. The van der Waals surface area contributed by atoms with Gasteiger partial charge in [-0.2, -0.15) is 0 Å². The lowest BCUT2D eigenvalue weighted by molar-refractivity contribution is 0.0784. The molecule has 0 saturated carbocycles. The smallest absolute Gasteiger partial charge is 0.0581 e. The Labute approximate surface area is 98.4 Å². The average molecular weight is 218 g/mol. The Morgan fingerprint density at radius 2 is 1.94 bits per heavy atom. The second-order valence-corrected chi connectivity index (χ2v) is 4.98. The van der Waals surface area contributed by atoms with Crippen LogP contribution < -0.4 is 5.73 Å². The maximum atomic E-state index is 6.06. The lowest BCUT2D eigenvalue weighted by atomic mass is 9.80. The minimum absolute atomic E-state index is 0.0753. The lowest BCUT2D eigenvalue weighted by Gasteiger charge is -2.45. The van der Waals surface area contributed by atoms with Gasteiger partial charge in [-0.25, -0.2) is 0 Å². The first-order valence-corrected chi connectivity index (χ1v) is 6.17. The monoisotopic (exact) mass is 218 g/mol. The van der Waals surface area contributed by atoms with E-state index >= 15 is 0 Å². The van der Waals surface area contributed by atoms with Gasteiger partial charge in [0.25, 0.3) is 0 Å². The fraction of sp³-hybridized carbons (Fsp3) is 0.571. The van der Waals surface area contributed by atoms with Crippen LogP contribution in [0.25, 0.3) is 0 Å². The molecule has 1 heterocycles. The molecule has 1 aromatic rings. The Morgan fingerprint density at radius 3 is 2.50 bits per heavy atom. The molecule has 0 aliphatic carbocycles. The van der Waals surface area contributed by atoms with Crippen LogP contribution in [0.4, 0.5) is 0 Å². The van der Waals surface area contributed by atoms with Crippen LogP contribution in [0.3, 0.4) is 0 Å². The van der Waals surface area contributed by atoms with Crippen molar-refractivity contribution in [3.8, 4) is 0 Å². The fourth-order valence-corrected chi connectivity index (χ4v) is 2.78. The molecular formula is C14H22N2. The number of piperidine rings is 1. The van der Waals surface area contributed by atoms with E-state index in [1.807, 2.05) is 0 Å². The molecule has 2 nitrogen and oxygen atoms in total. The van der Waals surface area contributed by atoms with Crippen molar-refractivity contribution in [1.29, 1.82) is 0 Å². The zero-order valence-electron chi connectivity index (χ0n) is 10.4. The number of hydrogen-bond acceptors (Lipinski definition) is 2. The van der Waals surface area contributed by atoms with Gasteiger partial charge in [0.05, 0.1) is 5.54 Å². The number of benzene rings is 1. The predicted molar refractivity (Wildman–Crippen MR) is 68.4 cm³/mol. The molecule has 1 aliphatic rings. The first-order chi connectivity index (χ1) is 7.69. The molecule has 1 saturated heterocycles. The number of nitrogens with two attached hydrogens (primary N) is 1. The number of likely N-dealkylation sites (N-methyl/N-ethyl adjacent to an activating group) is 1. The van der Waals surface area contributed by atoms with Gasteiger partial charge in [-0.1, -0.05) is 29.8 Å². The molecule has 0 spiro atoms. The Morgan fingerprint density at radius 1 is 1.25 bits per heavy atom. The van der Waals surface area contributed by atoms with E-state index in [0.29, 0.717) is 6.54 Å². The molecule has 1 aliphatic heterocycles. The molecule has 2 N–H and O–H groups in total. The normalized spacial score (nSPS) is 26.9. The predicted octanol–water partition coefficient (Wildman–Crippen LogP) is 2.26. The summed E-state index contributed by atoms with van der Waals surface area (Å²) in [5, 5.41) is 0. The number of nitrogens with zero attached hydrogens (tertiary/aromatic N) is 1. The summed E-state index contributed by atoms with van der Waals surface area (Å²) in [4.78, 5) is 2.43. The van der Waals surface area contributed by atoms with Crippen LogP contribution in [-0.4, -0.2) is 25.0 Å². The summed E-state index contributed by atoms with van der Waals surface area (Å²) in [7, 11) is 2.20. The molecule has 1 atom stereocenters. The molecule has 1 aromatic carbocycles. The second-order valence-electron chi connectivity index (χ2n) is 4.98. The zero-order valence-corrected chi connectivity index (χ0v) is 10.4. The maximum Gasteiger partial charge on any atom is 0.0581 e. The SMILES string of the molecule is Cc1ccc(C2(CN)CCCCN2C)cc1. The minimum atomic E-state index is 0.0753. The third-order valence-corrected chi connectivity index (χ3v) is 3.99. The molecular weight excluding hydrogens is 196 g/mol. The second kappa shape index (κ2) is 4.56. The number of likely N-dealkylation sites (tertiary alicyclic amines) is 1. The maximum absolute atomic E-state index is 6.06. The van der Waals surface area contributed by atoms with Crippen LogP contribution >= 0.6 is 0 Å². The van der Waals surface area contributed by atoms with Gasteiger partial charge in [-0.15, -0.1) is 0 Å². The molecule has 0 aromatic heterocycles. The minimum Gasteiger partial charge on any atom is -0.328 e. The molecule has 0 bridgehead atoms. The van der Waals surface area contributed by atoms with Crippen molar-refractivity contribution >= 4 is 0 Å². The van der Waals surface area contributed by atoms with Gasteiger partial charge >= 0.3 is 0 Å². The van der Waals surface area contributed by atoms with Gasteiger partial charge in [0.1, 0.15) is 0 Å². The number of rotatable bonds is 2. The van der Waals surface area contributed by atoms with E-state index in [4.69, 9.17) is 5.73 Å². The Kier molecular flexibility index (Phi) is 3.31.